The second kappa shape index (κ2) is 4.72. The number of benzene rings is 1. The van der Waals surface area contributed by atoms with Gasteiger partial charge in [0.05, 0.1) is 6.33 Å². The Hall–Kier alpha value is -1.98. The van der Waals surface area contributed by atoms with Crippen LogP contribution in [0.3, 0.4) is 0 Å². The van der Waals surface area contributed by atoms with Crippen molar-refractivity contribution in [2.45, 2.75) is 19.9 Å². The second-order valence-corrected chi connectivity index (χ2v) is 3.92. The minimum atomic E-state index is -1.23. The summed E-state index contributed by atoms with van der Waals surface area (Å²) in [4.78, 5) is 3.95. The third-order valence-corrected chi connectivity index (χ3v) is 2.61. The zero-order valence-electron chi connectivity index (χ0n) is 9.75. The molecule has 18 heavy (non-hydrogen) atoms. The van der Waals surface area contributed by atoms with E-state index in [9.17, 15) is 13.2 Å². The summed E-state index contributed by atoms with van der Waals surface area (Å²) in [6, 6.07) is 1.25. The molecule has 2 N–H and O–H groups in total. The summed E-state index contributed by atoms with van der Waals surface area (Å²) in [5.41, 5.74) is 5.78. The van der Waals surface area contributed by atoms with Gasteiger partial charge in [-0.3, -0.25) is 0 Å². The molecule has 0 saturated carbocycles. The van der Waals surface area contributed by atoms with Crippen LogP contribution in [-0.4, -0.2) is 9.55 Å². The molecule has 1 heterocycles. The lowest BCUT2D eigenvalue weighted by atomic mass is 10.1. The molecule has 6 heteroatoms. The molecule has 1 aromatic heterocycles. The molecule has 2 rings (SSSR count). The van der Waals surface area contributed by atoms with Gasteiger partial charge in [0.25, 0.3) is 0 Å². The molecule has 0 unspecified atom stereocenters. The average molecular weight is 255 g/mol. The number of nitrogen functional groups attached to an aromatic ring is 1. The highest BCUT2D eigenvalue weighted by molar-refractivity contribution is 5.70. The third kappa shape index (κ3) is 2.05. The van der Waals surface area contributed by atoms with Gasteiger partial charge in [-0.05, 0) is 12.5 Å². The fourth-order valence-corrected chi connectivity index (χ4v) is 1.72. The summed E-state index contributed by atoms with van der Waals surface area (Å²) in [6.07, 6.45) is 2.29. The van der Waals surface area contributed by atoms with Crippen LogP contribution in [0.5, 0.6) is 0 Å². The number of anilines is 1. The maximum absolute atomic E-state index is 13.6. The minimum Gasteiger partial charge on any atom is -0.383 e. The summed E-state index contributed by atoms with van der Waals surface area (Å²) in [5, 5.41) is 0. The molecule has 0 atom stereocenters. The van der Waals surface area contributed by atoms with Gasteiger partial charge >= 0.3 is 0 Å². The molecule has 0 aliphatic heterocycles. The van der Waals surface area contributed by atoms with Gasteiger partial charge in [0, 0.05) is 18.2 Å². The Morgan fingerprint density at radius 3 is 2.50 bits per heavy atom. The molecule has 3 nitrogen and oxygen atoms in total. The minimum absolute atomic E-state index is 0.125. The van der Waals surface area contributed by atoms with Crippen LogP contribution in [-0.2, 0) is 6.54 Å². The van der Waals surface area contributed by atoms with E-state index in [0.717, 1.165) is 12.5 Å². The molecule has 0 aliphatic rings. The number of halogens is 3. The number of rotatable bonds is 3. The first-order valence-corrected chi connectivity index (χ1v) is 5.50. The monoisotopic (exact) mass is 255 g/mol. The van der Waals surface area contributed by atoms with Crippen LogP contribution in [0.4, 0.5) is 19.0 Å². The van der Waals surface area contributed by atoms with Gasteiger partial charge in [0.15, 0.2) is 11.6 Å². The number of imidazole rings is 1. The lowest BCUT2D eigenvalue weighted by Crippen LogP contribution is -2.02. The Balaban J connectivity index is 2.52. The number of hydrogen-bond acceptors (Lipinski definition) is 2. The van der Waals surface area contributed by atoms with Crippen molar-refractivity contribution in [2.75, 3.05) is 5.73 Å². The van der Waals surface area contributed by atoms with Crippen LogP contribution >= 0.6 is 0 Å². The van der Waals surface area contributed by atoms with Gasteiger partial charge in [-0.15, -0.1) is 0 Å². The second-order valence-electron chi connectivity index (χ2n) is 3.92. The van der Waals surface area contributed by atoms with Gasteiger partial charge in [-0.2, -0.15) is 0 Å². The first kappa shape index (κ1) is 12.5. The molecule has 0 bridgehead atoms. The van der Waals surface area contributed by atoms with Crippen molar-refractivity contribution in [1.82, 2.24) is 9.55 Å². The summed E-state index contributed by atoms with van der Waals surface area (Å²) in [5.74, 6) is -3.01. The van der Waals surface area contributed by atoms with E-state index >= 15 is 0 Å². The Morgan fingerprint density at radius 1 is 1.17 bits per heavy atom. The molecule has 0 amide bonds. The molecular weight excluding hydrogens is 243 g/mol. The predicted octanol–water partition coefficient (Wildman–Crippen LogP) is 2.96. The van der Waals surface area contributed by atoms with Crippen LogP contribution < -0.4 is 5.73 Å². The molecule has 96 valence electrons. The first-order chi connectivity index (χ1) is 8.54. The smallest absolute Gasteiger partial charge is 0.161 e. The maximum atomic E-state index is 13.6. The van der Waals surface area contributed by atoms with E-state index in [2.05, 4.69) is 4.98 Å². The molecule has 2 aromatic rings. The molecule has 0 spiro atoms. The summed E-state index contributed by atoms with van der Waals surface area (Å²) in [6.45, 7) is 2.58. The van der Waals surface area contributed by atoms with Crippen LogP contribution in [0.1, 0.15) is 13.3 Å². The maximum Gasteiger partial charge on any atom is 0.161 e. The Labute approximate surface area is 102 Å². The number of nitrogens with two attached hydrogens (primary N) is 1. The topological polar surface area (TPSA) is 43.8 Å². The van der Waals surface area contributed by atoms with Gasteiger partial charge < -0.3 is 10.3 Å². The van der Waals surface area contributed by atoms with E-state index in [-0.39, 0.29) is 17.1 Å². The van der Waals surface area contributed by atoms with E-state index in [4.69, 9.17) is 5.73 Å². The number of nitrogens with zero attached hydrogens (tertiary/aromatic N) is 2. The lowest BCUT2D eigenvalue weighted by molar-refractivity contribution is 0.496. The number of hydrogen-bond donors (Lipinski definition) is 1. The van der Waals surface area contributed by atoms with E-state index in [1.54, 1.807) is 4.57 Å². The summed E-state index contributed by atoms with van der Waals surface area (Å²) < 4.78 is 41.2. The van der Waals surface area contributed by atoms with Crippen molar-refractivity contribution in [2.24, 2.45) is 0 Å². The normalized spacial score (nSPS) is 10.9. The van der Waals surface area contributed by atoms with Gasteiger partial charge in [0.1, 0.15) is 17.3 Å². The van der Waals surface area contributed by atoms with Crippen molar-refractivity contribution in [3.05, 3.63) is 35.9 Å². The quantitative estimate of drug-likeness (QED) is 0.857. The average Bonchev–Trinajstić information content (AvgIpc) is 2.67. The van der Waals surface area contributed by atoms with Crippen molar-refractivity contribution in [3.8, 4) is 11.3 Å². The molecule has 0 radical (unpaired) electrons. The zero-order chi connectivity index (χ0) is 13.3. The highest BCUT2D eigenvalue weighted by Gasteiger charge is 2.17. The fourth-order valence-electron chi connectivity index (χ4n) is 1.72. The van der Waals surface area contributed by atoms with Crippen LogP contribution in [0, 0.1) is 17.5 Å². The molecular formula is C12H12F3N3. The van der Waals surface area contributed by atoms with Gasteiger partial charge in [0.2, 0.25) is 0 Å². The summed E-state index contributed by atoms with van der Waals surface area (Å²) >= 11 is 0. The largest absolute Gasteiger partial charge is 0.383 e. The molecule has 0 aliphatic carbocycles. The predicted molar refractivity (Wildman–Crippen MR) is 62.2 cm³/mol. The first-order valence-electron chi connectivity index (χ1n) is 5.50. The number of aryl methyl sites for hydroxylation is 1. The van der Waals surface area contributed by atoms with E-state index in [1.165, 1.54) is 6.33 Å². The molecule has 0 saturated heterocycles. The molecule has 0 fully saturated rings. The lowest BCUT2D eigenvalue weighted by Gasteiger charge is -2.05. The SMILES string of the molecule is CCCn1cnc(-c2cc(F)c(F)cc2F)c1N. The van der Waals surface area contributed by atoms with Gasteiger partial charge in [-0.1, -0.05) is 6.92 Å². The number of aromatic nitrogens is 2. The zero-order valence-corrected chi connectivity index (χ0v) is 9.75. The van der Waals surface area contributed by atoms with E-state index in [0.29, 0.717) is 12.6 Å². The highest BCUT2D eigenvalue weighted by atomic mass is 19.2. The standard InChI is InChI=1S/C12H12F3N3/c1-2-3-18-6-17-11(12(18)16)7-4-9(14)10(15)5-8(7)13/h4-6H,2-3,16H2,1H3. The molecule has 1 aromatic carbocycles. The Bertz CT molecular complexity index is 578. The van der Waals surface area contributed by atoms with Crippen LogP contribution in [0.25, 0.3) is 11.3 Å². The highest BCUT2D eigenvalue weighted by Crippen LogP contribution is 2.28. The third-order valence-electron chi connectivity index (χ3n) is 2.61. The van der Waals surface area contributed by atoms with E-state index < -0.39 is 17.5 Å². The van der Waals surface area contributed by atoms with E-state index in [1.807, 2.05) is 6.92 Å². The summed E-state index contributed by atoms with van der Waals surface area (Å²) in [7, 11) is 0. The fraction of sp³-hybridized carbons (Fsp3) is 0.250. The van der Waals surface area contributed by atoms with Gasteiger partial charge in [-0.25, -0.2) is 18.2 Å². The van der Waals surface area contributed by atoms with Crippen LogP contribution in [0.2, 0.25) is 0 Å². The Morgan fingerprint density at radius 2 is 1.83 bits per heavy atom. The van der Waals surface area contributed by atoms with Crippen molar-refractivity contribution >= 4 is 5.82 Å². The Kier molecular flexibility index (Phi) is 3.27. The van der Waals surface area contributed by atoms with Crippen LogP contribution in [0.15, 0.2) is 18.5 Å². The van der Waals surface area contributed by atoms with Crippen molar-refractivity contribution in [1.29, 1.82) is 0 Å². The van der Waals surface area contributed by atoms with Crippen molar-refractivity contribution in [3.63, 3.8) is 0 Å². The van der Waals surface area contributed by atoms with Crippen molar-refractivity contribution < 1.29 is 13.2 Å².